The van der Waals surface area contributed by atoms with Crippen LogP contribution in [-0.2, 0) is 0 Å². The predicted octanol–water partition coefficient (Wildman–Crippen LogP) is 3.08. The first kappa shape index (κ1) is 11.3. The molecule has 3 aliphatic carbocycles. The van der Waals surface area contributed by atoms with Gasteiger partial charge in [0.2, 0.25) is 0 Å². The van der Waals surface area contributed by atoms with Gasteiger partial charge in [0.05, 0.1) is 0 Å². The molecule has 88 valence electrons. The first-order valence-electron chi connectivity index (χ1n) is 5.88. The Hall–Kier alpha value is -0.180. The van der Waals surface area contributed by atoms with E-state index in [1.807, 2.05) is 0 Å². The zero-order valence-electron chi connectivity index (χ0n) is 9.47. The molecule has 15 heavy (non-hydrogen) atoms. The Morgan fingerprint density at radius 1 is 1.33 bits per heavy atom. The van der Waals surface area contributed by atoms with Crippen LogP contribution < -0.4 is 0 Å². The molecule has 3 atom stereocenters. The third-order valence-corrected chi connectivity index (χ3v) is 4.85. The Balaban J connectivity index is 2.10. The molecular formula is C12H20F2O. The van der Waals surface area contributed by atoms with E-state index in [2.05, 4.69) is 13.8 Å². The van der Waals surface area contributed by atoms with Gasteiger partial charge >= 0.3 is 0 Å². The minimum absolute atomic E-state index is 0.0990. The number of fused-ring (bicyclic) bond motifs is 2. The Morgan fingerprint density at radius 3 is 2.47 bits per heavy atom. The molecule has 3 unspecified atom stereocenters. The quantitative estimate of drug-likeness (QED) is 0.771. The van der Waals surface area contributed by atoms with E-state index in [-0.39, 0.29) is 17.8 Å². The first-order valence-corrected chi connectivity index (χ1v) is 5.88. The molecule has 0 heterocycles. The number of hydrogen-bond acceptors (Lipinski definition) is 1. The Labute approximate surface area is 89.9 Å². The number of aliphatic hydroxyl groups is 1. The van der Waals surface area contributed by atoms with Crippen LogP contribution in [0.2, 0.25) is 0 Å². The highest BCUT2D eigenvalue weighted by molar-refractivity contribution is 5.06. The van der Waals surface area contributed by atoms with Crippen LogP contribution in [0.1, 0.15) is 39.5 Å². The van der Waals surface area contributed by atoms with E-state index in [0.29, 0.717) is 12.3 Å². The largest absolute Gasteiger partial charge is 0.396 e. The summed E-state index contributed by atoms with van der Waals surface area (Å²) in [6.45, 7) is 3.83. The van der Waals surface area contributed by atoms with Gasteiger partial charge in [0.15, 0.2) is 0 Å². The lowest BCUT2D eigenvalue weighted by molar-refractivity contribution is -0.195. The zero-order chi connectivity index (χ0) is 11.3. The summed E-state index contributed by atoms with van der Waals surface area (Å²) in [5.41, 5.74) is 0.0990. The molecule has 0 aliphatic heterocycles. The van der Waals surface area contributed by atoms with E-state index < -0.39 is 18.4 Å². The van der Waals surface area contributed by atoms with Crippen LogP contribution >= 0.6 is 0 Å². The highest BCUT2D eigenvalue weighted by atomic mass is 19.3. The van der Waals surface area contributed by atoms with Crippen molar-refractivity contribution in [1.82, 2.24) is 0 Å². The lowest BCUT2D eigenvalue weighted by atomic mass is 9.44. The topological polar surface area (TPSA) is 20.2 Å². The molecule has 1 nitrogen and oxygen atoms in total. The van der Waals surface area contributed by atoms with Crippen molar-refractivity contribution in [3.63, 3.8) is 0 Å². The van der Waals surface area contributed by atoms with Crippen LogP contribution in [0.4, 0.5) is 8.78 Å². The number of halogens is 2. The second-order valence-corrected chi connectivity index (χ2v) is 5.78. The van der Waals surface area contributed by atoms with E-state index in [1.165, 1.54) is 0 Å². The van der Waals surface area contributed by atoms with Gasteiger partial charge in [-0.15, -0.1) is 0 Å². The van der Waals surface area contributed by atoms with E-state index >= 15 is 0 Å². The van der Waals surface area contributed by atoms with Crippen molar-refractivity contribution in [1.29, 1.82) is 0 Å². The minimum atomic E-state index is -2.66. The highest BCUT2D eigenvalue weighted by Crippen LogP contribution is 2.64. The van der Waals surface area contributed by atoms with Crippen molar-refractivity contribution < 1.29 is 13.9 Å². The fourth-order valence-electron chi connectivity index (χ4n) is 3.65. The van der Waals surface area contributed by atoms with Crippen molar-refractivity contribution in [3.05, 3.63) is 0 Å². The van der Waals surface area contributed by atoms with Crippen LogP contribution in [0.5, 0.6) is 0 Å². The van der Waals surface area contributed by atoms with Gasteiger partial charge in [-0.1, -0.05) is 13.8 Å². The third kappa shape index (κ3) is 1.59. The summed E-state index contributed by atoms with van der Waals surface area (Å²) in [5.74, 6) is -2.34. The fraction of sp³-hybridized carbons (Fsp3) is 1.00. The molecule has 0 spiro atoms. The molecule has 0 radical (unpaired) electrons. The summed E-state index contributed by atoms with van der Waals surface area (Å²) in [6, 6.07) is 0. The molecule has 0 aromatic carbocycles. The van der Waals surface area contributed by atoms with Gasteiger partial charge in [-0.2, -0.15) is 0 Å². The van der Waals surface area contributed by atoms with Crippen LogP contribution in [-0.4, -0.2) is 17.6 Å². The number of hydrogen-bond donors (Lipinski definition) is 1. The van der Waals surface area contributed by atoms with Crippen LogP contribution in [0.3, 0.4) is 0 Å². The van der Waals surface area contributed by atoms with Gasteiger partial charge in [-0.05, 0) is 36.5 Å². The first-order chi connectivity index (χ1) is 6.89. The maximum Gasteiger partial charge on any atom is 0.253 e. The lowest BCUT2D eigenvalue weighted by Gasteiger charge is -2.61. The van der Waals surface area contributed by atoms with Crippen molar-refractivity contribution in [3.8, 4) is 0 Å². The predicted molar refractivity (Wildman–Crippen MR) is 54.8 cm³/mol. The number of rotatable bonds is 3. The molecule has 3 aliphatic rings. The molecule has 3 fully saturated rings. The van der Waals surface area contributed by atoms with E-state index in [1.54, 1.807) is 0 Å². The number of aliphatic hydroxyl groups excluding tert-OH is 1. The molecule has 2 bridgehead atoms. The highest BCUT2D eigenvalue weighted by Gasteiger charge is 2.60. The smallest absolute Gasteiger partial charge is 0.253 e. The molecule has 0 aromatic heterocycles. The summed E-state index contributed by atoms with van der Waals surface area (Å²) in [6.07, 6.45) is 2.19. The second kappa shape index (κ2) is 3.41. The monoisotopic (exact) mass is 218 g/mol. The van der Waals surface area contributed by atoms with Gasteiger partial charge < -0.3 is 5.11 Å². The van der Waals surface area contributed by atoms with Crippen molar-refractivity contribution in [2.45, 2.75) is 45.5 Å². The number of alkyl halides is 2. The van der Waals surface area contributed by atoms with Crippen LogP contribution in [0, 0.1) is 23.2 Å². The van der Waals surface area contributed by atoms with Crippen LogP contribution in [0.25, 0.3) is 0 Å². The summed E-state index contributed by atoms with van der Waals surface area (Å²) >= 11 is 0. The average Bonchev–Trinajstić information content (AvgIpc) is 2.17. The van der Waals surface area contributed by atoms with Gasteiger partial charge in [-0.3, -0.25) is 0 Å². The van der Waals surface area contributed by atoms with E-state index in [4.69, 9.17) is 5.11 Å². The Bertz CT molecular complexity index is 248. The third-order valence-electron chi connectivity index (χ3n) is 4.85. The van der Waals surface area contributed by atoms with E-state index in [9.17, 15) is 8.78 Å². The Kier molecular flexibility index (Phi) is 2.57. The summed E-state index contributed by atoms with van der Waals surface area (Å²) in [4.78, 5) is 0. The van der Waals surface area contributed by atoms with Crippen molar-refractivity contribution in [2.24, 2.45) is 23.2 Å². The summed E-state index contributed by atoms with van der Waals surface area (Å²) < 4.78 is 27.5. The van der Waals surface area contributed by atoms with Crippen LogP contribution in [0.15, 0.2) is 0 Å². The maximum absolute atomic E-state index is 13.8. The van der Waals surface area contributed by atoms with Crippen molar-refractivity contribution >= 4 is 0 Å². The minimum Gasteiger partial charge on any atom is -0.396 e. The molecule has 0 saturated heterocycles. The van der Waals surface area contributed by atoms with Gasteiger partial charge in [0.1, 0.15) is 0 Å². The average molecular weight is 218 g/mol. The summed E-state index contributed by atoms with van der Waals surface area (Å²) in [7, 11) is 0. The van der Waals surface area contributed by atoms with Gasteiger partial charge in [-0.25, -0.2) is 8.78 Å². The molecule has 0 amide bonds. The normalized spacial score (nSPS) is 38.6. The standard InChI is InChI=1S/C12H20F2O/c1-11(2)8-3-4-9(10(11)7-8)12(13,14)5-6-15/h8-10,15H,3-7H2,1-2H3. The second-order valence-electron chi connectivity index (χ2n) is 5.78. The van der Waals surface area contributed by atoms with Gasteiger partial charge in [0.25, 0.3) is 5.92 Å². The molecular weight excluding hydrogens is 198 g/mol. The molecule has 1 N–H and O–H groups in total. The van der Waals surface area contributed by atoms with E-state index in [0.717, 1.165) is 12.8 Å². The van der Waals surface area contributed by atoms with Gasteiger partial charge in [0, 0.05) is 18.9 Å². The molecule has 3 rings (SSSR count). The lowest BCUT2D eigenvalue weighted by Crippen LogP contribution is -2.56. The molecule has 3 saturated carbocycles. The summed E-state index contributed by atoms with van der Waals surface area (Å²) in [5, 5.41) is 8.68. The zero-order valence-corrected chi connectivity index (χ0v) is 9.47. The SMILES string of the molecule is CC1(C)C2CCC(C(F)(F)CCO)C1C2. The fourth-order valence-corrected chi connectivity index (χ4v) is 3.65. The van der Waals surface area contributed by atoms with Crippen molar-refractivity contribution in [2.75, 3.05) is 6.61 Å². The maximum atomic E-state index is 13.8. The Morgan fingerprint density at radius 2 is 2.00 bits per heavy atom. The molecule has 0 aromatic rings. The molecule has 3 heteroatoms.